The monoisotopic (exact) mass is 504 g/mol. The summed E-state index contributed by atoms with van der Waals surface area (Å²) in [5, 5.41) is 5.17. The van der Waals surface area contributed by atoms with Gasteiger partial charge in [-0.3, -0.25) is 4.90 Å². The average molecular weight is 505 g/mol. The molecule has 0 saturated carbocycles. The van der Waals surface area contributed by atoms with Crippen LogP contribution in [-0.4, -0.2) is 33.0 Å². The summed E-state index contributed by atoms with van der Waals surface area (Å²) in [6, 6.07) is 24.1. The molecule has 0 unspecified atom stereocenters. The molecule has 0 amide bonds. The number of primary sulfonamides is 1. The first-order valence-corrected chi connectivity index (χ1v) is 13.1. The summed E-state index contributed by atoms with van der Waals surface area (Å²) >= 11 is 0. The molecule has 1 fully saturated rings. The van der Waals surface area contributed by atoms with E-state index in [1.165, 1.54) is 33.4 Å². The van der Waals surface area contributed by atoms with Crippen molar-refractivity contribution in [3.05, 3.63) is 112 Å². The van der Waals surface area contributed by atoms with E-state index in [1.54, 1.807) is 24.3 Å². The number of piperidine rings is 1. The molecular formula is C29H29ClN2O2S. The number of sulfonamides is 1. The summed E-state index contributed by atoms with van der Waals surface area (Å²) < 4.78 is 22.8. The number of nitrogens with two attached hydrogens (primary N) is 1. The molecule has 0 bridgehead atoms. The van der Waals surface area contributed by atoms with Crippen molar-refractivity contribution < 1.29 is 8.42 Å². The molecule has 35 heavy (non-hydrogen) atoms. The summed E-state index contributed by atoms with van der Waals surface area (Å²) in [6.45, 7) is 2.91. The van der Waals surface area contributed by atoms with E-state index in [1.807, 2.05) is 6.08 Å². The second kappa shape index (κ2) is 10.8. The third-order valence-corrected chi connectivity index (χ3v) is 7.53. The van der Waals surface area contributed by atoms with Gasteiger partial charge < -0.3 is 0 Å². The Kier molecular flexibility index (Phi) is 7.72. The van der Waals surface area contributed by atoms with Crippen LogP contribution in [-0.2, 0) is 10.0 Å². The molecule has 0 atom stereocenters. The fourth-order valence-corrected chi connectivity index (χ4v) is 5.32. The van der Waals surface area contributed by atoms with E-state index in [2.05, 4.69) is 71.7 Å². The minimum absolute atomic E-state index is 0. The molecule has 180 valence electrons. The second-order valence-electron chi connectivity index (χ2n) is 8.80. The fraction of sp³-hybridized carbons (Fsp3) is 0.172. The topological polar surface area (TPSA) is 63.4 Å². The van der Waals surface area contributed by atoms with Gasteiger partial charge in [0.05, 0.1) is 4.90 Å². The molecule has 3 aromatic carbocycles. The lowest BCUT2D eigenvalue weighted by Gasteiger charge is -2.29. The molecular weight excluding hydrogens is 476 g/mol. The molecule has 0 spiro atoms. The first-order valence-electron chi connectivity index (χ1n) is 11.6. The molecule has 6 heteroatoms. The molecule has 1 heterocycles. The highest BCUT2D eigenvalue weighted by molar-refractivity contribution is 7.89. The van der Waals surface area contributed by atoms with Crippen LogP contribution >= 0.6 is 12.4 Å². The first-order chi connectivity index (χ1) is 16.5. The van der Waals surface area contributed by atoms with E-state index in [9.17, 15) is 8.42 Å². The predicted octanol–water partition coefficient (Wildman–Crippen LogP) is 5.85. The molecule has 4 nitrogen and oxygen atoms in total. The van der Waals surface area contributed by atoms with Gasteiger partial charge in [0.15, 0.2) is 0 Å². The quantitative estimate of drug-likeness (QED) is 0.379. The molecule has 1 saturated heterocycles. The van der Waals surface area contributed by atoms with Gasteiger partial charge in [-0.05, 0) is 58.4 Å². The van der Waals surface area contributed by atoms with Crippen molar-refractivity contribution >= 4 is 46.2 Å². The van der Waals surface area contributed by atoms with Crippen LogP contribution in [0, 0.1) is 0 Å². The standard InChI is InChI=1S/C29H28N2O2S.ClH/c30-34(32,33)26-15-11-22(12-16-26)6-5-19-31-20-17-25(18-21-31)29-27-9-3-1-7-23(27)13-14-24-8-2-4-10-28(24)29;/h1-16H,17-21H2,(H2,30,32,33);1H/b6-5+;. The van der Waals surface area contributed by atoms with Gasteiger partial charge in [-0.15, -0.1) is 12.4 Å². The molecule has 1 aliphatic heterocycles. The van der Waals surface area contributed by atoms with Crippen LogP contribution < -0.4 is 5.14 Å². The number of benzene rings is 3. The Morgan fingerprint density at radius 3 is 1.89 bits per heavy atom. The number of rotatable bonds is 4. The number of hydrogen-bond acceptors (Lipinski definition) is 3. The Bertz CT molecular complexity index is 1350. The molecule has 1 aliphatic carbocycles. The van der Waals surface area contributed by atoms with Gasteiger partial charge in [-0.25, -0.2) is 13.6 Å². The van der Waals surface area contributed by atoms with E-state index >= 15 is 0 Å². The van der Waals surface area contributed by atoms with E-state index in [0.717, 1.165) is 38.0 Å². The van der Waals surface area contributed by atoms with Gasteiger partial charge in [0, 0.05) is 19.6 Å². The van der Waals surface area contributed by atoms with Crippen molar-refractivity contribution in [3.63, 3.8) is 0 Å². The third kappa shape index (κ3) is 5.65. The maximum absolute atomic E-state index is 11.4. The van der Waals surface area contributed by atoms with Crippen LogP contribution in [0.15, 0.2) is 89.3 Å². The largest absolute Gasteiger partial charge is 0.299 e. The zero-order valence-corrected chi connectivity index (χ0v) is 21.1. The number of hydrogen-bond donors (Lipinski definition) is 1. The summed E-state index contributed by atoms with van der Waals surface area (Å²) in [6.07, 6.45) is 10.7. The van der Waals surface area contributed by atoms with Crippen molar-refractivity contribution in [1.29, 1.82) is 0 Å². The minimum Gasteiger partial charge on any atom is -0.299 e. The van der Waals surface area contributed by atoms with Crippen molar-refractivity contribution in [3.8, 4) is 0 Å². The lowest BCUT2D eigenvalue weighted by atomic mass is 9.86. The van der Waals surface area contributed by atoms with Crippen LogP contribution in [0.2, 0.25) is 0 Å². The summed E-state index contributed by atoms with van der Waals surface area (Å²) in [7, 11) is -3.65. The SMILES string of the molecule is Cl.NS(=O)(=O)c1ccc(/C=C/CN2CCC(=C3c4ccccc4C=Cc4ccccc43)CC2)cc1. The molecule has 2 N–H and O–H groups in total. The van der Waals surface area contributed by atoms with Crippen molar-refractivity contribution in [2.24, 2.45) is 5.14 Å². The van der Waals surface area contributed by atoms with Gasteiger partial charge in [0.25, 0.3) is 0 Å². The van der Waals surface area contributed by atoms with Crippen LogP contribution in [0.3, 0.4) is 0 Å². The number of likely N-dealkylation sites (tertiary alicyclic amines) is 1. The van der Waals surface area contributed by atoms with Crippen molar-refractivity contribution in [1.82, 2.24) is 4.90 Å². The third-order valence-electron chi connectivity index (χ3n) is 6.60. The first kappa shape index (κ1) is 25.1. The van der Waals surface area contributed by atoms with Gasteiger partial charge in [-0.1, -0.05) is 90.5 Å². The average Bonchev–Trinajstić information content (AvgIpc) is 3.01. The fourth-order valence-electron chi connectivity index (χ4n) is 4.81. The molecule has 0 radical (unpaired) electrons. The zero-order valence-electron chi connectivity index (χ0n) is 19.4. The van der Waals surface area contributed by atoms with Gasteiger partial charge in [-0.2, -0.15) is 0 Å². The summed E-state index contributed by atoms with van der Waals surface area (Å²) in [5.41, 5.74) is 9.11. The smallest absolute Gasteiger partial charge is 0.238 e. The van der Waals surface area contributed by atoms with Gasteiger partial charge in [0.2, 0.25) is 10.0 Å². The van der Waals surface area contributed by atoms with E-state index < -0.39 is 10.0 Å². The number of nitrogens with zero attached hydrogens (tertiary/aromatic N) is 1. The van der Waals surface area contributed by atoms with Gasteiger partial charge in [0.1, 0.15) is 0 Å². The minimum atomic E-state index is -3.65. The van der Waals surface area contributed by atoms with Crippen LogP contribution in [0.1, 0.15) is 40.7 Å². The highest BCUT2D eigenvalue weighted by Gasteiger charge is 2.22. The van der Waals surface area contributed by atoms with Crippen molar-refractivity contribution in [2.75, 3.05) is 19.6 Å². The number of halogens is 1. The summed E-state index contributed by atoms with van der Waals surface area (Å²) in [5.74, 6) is 0. The van der Waals surface area contributed by atoms with Gasteiger partial charge >= 0.3 is 0 Å². The Labute approximate surface area is 213 Å². The molecule has 2 aliphatic rings. The highest BCUT2D eigenvalue weighted by atomic mass is 35.5. The maximum atomic E-state index is 11.4. The Balaban J connectivity index is 0.00000289. The zero-order chi connectivity index (χ0) is 23.5. The Morgan fingerprint density at radius 1 is 0.800 bits per heavy atom. The van der Waals surface area contributed by atoms with Crippen LogP contribution in [0.25, 0.3) is 23.8 Å². The highest BCUT2D eigenvalue weighted by Crippen LogP contribution is 2.38. The number of fused-ring (bicyclic) bond motifs is 2. The Hall–Kier alpha value is -2.96. The van der Waals surface area contributed by atoms with Crippen LogP contribution in [0.4, 0.5) is 0 Å². The second-order valence-corrected chi connectivity index (χ2v) is 10.4. The molecule has 5 rings (SSSR count). The van der Waals surface area contributed by atoms with Crippen LogP contribution in [0.5, 0.6) is 0 Å². The van der Waals surface area contributed by atoms with Crippen molar-refractivity contribution in [2.45, 2.75) is 17.7 Å². The van der Waals surface area contributed by atoms with E-state index in [4.69, 9.17) is 5.14 Å². The molecule has 0 aromatic heterocycles. The Morgan fingerprint density at radius 2 is 1.34 bits per heavy atom. The lowest BCUT2D eigenvalue weighted by Crippen LogP contribution is -2.31. The predicted molar refractivity (Wildman–Crippen MR) is 148 cm³/mol. The van der Waals surface area contributed by atoms with E-state index in [0.29, 0.717) is 0 Å². The lowest BCUT2D eigenvalue weighted by molar-refractivity contribution is 0.284. The normalized spacial score (nSPS) is 15.9. The van der Waals surface area contributed by atoms with E-state index in [-0.39, 0.29) is 17.3 Å². The molecule has 3 aromatic rings. The summed E-state index contributed by atoms with van der Waals surface area (Å²) in [4.78, 5) is 2.60. The maximum Gasteiger partial charge on any atom is 0.238 e.